The second-order valence-corrected chi connectivity index (χ2v) is 8.95. The molecule has 0 unspecified atom stereocenters. The number of carbonyl (C=O) groups excluding carboxylic acids is 2. The Bertz CT molecular complexity index is 1110. The molecule has 0 bridgehead atoms. The van der Waals surface area contributed by atoms with Gasteiger partial charge in [-0.25, -0.2) is 0 Å². The van der Waals surface area contributed by atoms with Crippen molar-refractivity contribution < 1.29 is 14.7 Å². The van der Waals surface area contributed by atoms with Crippen LogP contribution >= 0.6 is 0 Å². The van der Waals surface area contributed by atoms with Gasteiger partial charge in [0.1, 0.15) is 5.65 Å². The molecule has 1 aliphatic carbocycles. The Labute approximate surface area is 180 Å². The molecule has 1 aliphatic heterocycles. The molecule has 4 rings (SSSR count). The molecule has 2 aromatic rings. The maximum atomic E-state index is 13.2. The lowest BCUT2D eigenvalue weighted by molar-refractivity contribution is -0.126. The van der Waals surface area contributed by atoms with Gasteiger partial charge in [-0.15, -0.1) is 0 Å². The number of rotatable bonds is 6. The van der Waals surface area contributed by atoms with E-state index in [-0.39, 0.29) is 29.5 Å². The van der Waals surface area contributed by atoms with Gasteiger partial charge in [-0.05, 0) is 44.6 Å². The van der Waals surface area contributed by atoms with Crippen LogP contribution in [0.15, 0.2) is 17.1 Å². The van der Waals surface area contributed by atoms with Crippen molar-refractivity contribution >= 4 is 23.5 Å². The molecule has 0 spiro atoms. The van der Waals surface area contributed by atoms with E-state index < -0.39 is 17.3 Å². The zero-order chi connectivity index (χ0) is 22.3. The lowest BCUT2D eigenvalue weighted by atomic mass is 10.2. The van der Waals surface area contributed by atoms with Crippen LogP contribution in [0, 0.1) is 5.92 Å². The number of fused-ring (bicyclic) bond motifs is 1. The zero-order valence-corrected chi connectivity index (χ0v) is 18.2. The van der Waals surface area contributed by atoms with Crippen molar-refractivity contribution in [3.63, 3.8) is 0 Å². The van der Waals surface area contributed by atoms with E-state index >= 15 is 0 Å². The minimum absolute atomic E-state index is 0.0515. The summed E-state index contributed by atoms with van der Waals surface area (Å²) in [4.78, 5) is 40.3. The fourth-order valence-corrected chi connectivity index (χ4v) is 4.07. The smallest absolute Gasteiger partial charge is 0.270 e. The molecule has 2 fully saturated rings. The van der Waals surface area contributed by atoms with Gasteiger partial charge >= 0.3 is 0 Å². The van der Waals surface area contributed by atoms with E-state index in [9.17, 15) is 19.5 Å². The summed E-state index contributed by atoms with van der Waals surface area (Å²) < 4.78 is 2.66. The van der Waals surface area contributed by atoms with Crippen molar-refractivity contribution in [3.8, 4) is 5.88 Å². The Kier molecular flexibility index (Phi) is 5.60. The van der Waals surface area contributed by atoms with Crippen LogP contribution in [0.25, 0.3) is 11.7 Å². The van der Waals surface area contributed by atoms with E-state index in [1.165, 1.54) is 21.4 Å². The van der Waals surface area contributed by atoms with E-state index in [4.69, 9.17) is 0 Å². The molecular weight excluding hydrogens is 398 g/mol. The quantitative estimate of drug-likeness (QED) is 0.683. The average molecular weight is 428 g/mol. The Morgan fingerprint density at radius 3 is 2.68 bits per heavy atom. The summed E-state index contributed by atoms with van der Waals surface area (Å²) in [6, 6.07) is 0.257. The SMILES string of the molecule is CC(C)Cn1c(=O)c(C(=O)NC2CC2)c(O)n2ncc(/C=C/C(=O)N3CCC[C@@H]3C)c12. The first-order valence-electron chi connectivity index (χ1n) is 10.9. The van der Waals surface area contributed by atoms with E-state index in [1.807, 2.05) is 25.7 Å². The first-order valence-corrected chi connectivity index (χ1v) is 10.9. The summed E-state index contributed by atoms with van der Waals surface area (Å²) in [5.41, 5.74) is 0.0206. The highest BCUT2D eigenvalue weighted by atomic mass is 16.3. The standard InChI is InChI=1S/C22H29N5O4/c1-13(2)12-26-20-15(6-9-17(28)25-10-4-5-14(25)3)11-23-27(20)22(31)18(21(26)30)19(29)24-16-7-8-16/h6,9,11,13-14,16,31H,4-5,7-8,10,12H2,1-3H3,(H,24,29)/b9-6+/t14-/m0/s1. The predicted octanol–water partition coefficient (Wildman–Crippen LogP) is 1.77. The number of aromatic nitrogens is 3. The molecule has 31 heavy (non-hydrogen) atoms. The van der Waals surface area contributed by atoms with Crippen LogP contribution in [0.3, 0.4) is 0 Å². The molecule has 9 heteroatoms. The van der Waals surface area contributed by atoms with Crippen molar-refractivity contribution in [1.82, 2.24) is 24.4 Å². The summed E-state index contributed by atoms with van der Waals surface area (Å²) in [6.45, 7) is 7.03. The van der Waals surface area contributed by atoms with E-state index in [0.717, 1.165) is 32.2 Å². The van der Waals surface area contributed by atoms with Gasteiger partial charge in [0, 0.05) is 36.8 Å². The second kappa shape index (κ2) is 8.20. The molecule has 166 valence electrons. The van der Waals surface area contributed by atoms with Gasteiger partial charge in [-0.2, -0.15) is 9.61 Å². The second-order valence-electron chi connectivity index (χ2n) is 8.95. The predicted molar refractivity (Wildman–Crippen MR) is 116 cm³/mol. The number of hydrogen-bond acceptors (Lipinski definition) is 5. The molecule has 2 aliphatic rings. The fourth-order valence-electron chi connectivity index (χ4n) is 4.07. The van der Waals surface area contributed by atoms with E-state index in [0.29, 0.717) is 17.8 Å². The van der Waals surface area contributed by atoms with Crippen LogP contribution in [0.4, 0.5) is 0 Å². The first kappa shape index (κ1) is 21.1. The molecule has 3 heterocycles. The largest absolute Gasteiger partial charge is 0.492 e. The van der Waals surface area contributed by atoms with Crippen LogP contribution in [0.1, 0.15) is 62.4 Å². The molecule has 2 amide bonds. The number of hydrogen-bond donors (Lipinski definition) is 2. The Morgan fingerprint density at radius 1 is 1.32 bits per heavy atom. The molecule has 0 aromatic carbocycles. The third-order valence-electron chi connectivity index (χ3n) is 5.84. The maximum Gasteiger partial charge on any atom is 0.270 e. The number of likely N-dealkylation sites (tertiary alicyclic amines) is 1. The molecule has 0 radical (unpaired) electrons. The molecule has 9 nitrogen and oxygen atoms in total. The van der Waals surface area contributed by atoms with E-state index in [2.05, 4.69) is 10.4 Å². The highest BCUT2D eigenvalue weighted by Gasteiger charge is 2.30. The highest BCUT2D eigenvalue weighted by molar-refractivity contribution is 5.97. The number of nitrogens with one attached hydrogen (secondary N) is 1. The van der Waals surface area contributed by atoms with Gasteiger partial charge in [0.25, 0.3) is 11.5 Å². The summed E-state index contributed by atoms with van der Waals surface area (Å²) in [5, 5.41) is 17.7. The molecule has 1 saturated carbocycles. The fraction of sp³-hybridized carbons (Fsp3) is 0.545. The topological polar surface area (TPSA) is 109 Å². The molecule has 1 saturated heterocycles. The van der Waals surface area contributed by atoms with Gasteiger partial charge in [0.15, 0.2) is 5.56 Å². The van der Waals surface area contributed by atoms with E-state index in [1.54, 1.807) is 6.08 Å². The Morgan fingerprint density at radius 2 is 2.06 bits per heavy atom. The molecule has 2 N–H and O–H groups in total. The van der Waals surface area contributed by atoms with Crippen LogP contribution in [0.2, 0.25) is 0 Å². The summed E-state index contributed by atoms with van der Waals surface area (Å²) in [7, 11) is 0. The van der Waals surface area contributed by atoms with Crippen LogP contribution in [0.5, 0.6) is 5.88 Å². The maximum absolute atomic E-state index is 13.2. The van der Waals surface area contributed by atoms with Crippen molar-refractivity contribution in [2.24, 2.45) is 5.92 Å². The van der Waals surface area contributed by atoms with Gasteiger partial charge < -0.3 is 15.3 Å². The lowest BCUT2D eigenvalue weighted by Crippen LogP contribution is -2.36. The highest BCUT2D eigenvalue weighted by Crippen LogP contribution is 2.24. The van der Waals surface area contributed by atoms with Gasteiger partial charge in [0.2, 0.25) is 11.8 Å². The third-order valence-corrected chi connectivity index (χ3v) is 5.84. The molecule has 2 aromatic heterocycles. The third kappa shape index (κ3) is 4.08. The molecule has 1 atom stereocenters. The minimum atomic E-state index is -0.588. The summed E-state index contributed by atoms with van der Waals surface area (Å²) in [6.07, 6.45) is 8.31. The summed E-state index contributed by atoms with van der Waals surface area (Å²) >= 11 is 0. The lowest BCUT2D eigenvalue weighted by Gasteiger charge is -2.19. The zero-order valence-electron chi connectivity index (χ0n) is 18.2. The average Bonchev–Trinajstić information content (AvgIpc) is 3.24. The number of carbonyl (C=O) groups is 2. The van der Waals surface area contributed by atoms with Gasteiger partial charge in [-0.3, -0.25) is 19.0 Å². The van der Waals surface area contributed by atoms with Crippen LogP contribution in [-0.2, 0) is 11.3 Å². The minimum Gasteiger partial charge on any atom is -0.492 e. The monoisotopic (exact) mass is 427 g/mol. The number of nitrogens with zero attached hydrogens (tertiary/aromatic N) is 4. The summed E-state index contributed by atoms with van der Waals surface area (Å²) in [5.74, 6) is -1.05. The van der Waals surface area contributed by atoms with Gasteiger partial charge in [0.05, 0.1) is 6.20 Å². The Balaban J connectivity index is 1.77. The normalized spacial score (nSPS) is 19.1. The molecular formula is C22H29N5O4. The first-order chi connectivity index (χ1) is 14.8. The van der Waals surface area contributed by atoms with Crippen molar-refractivity contribution in [1.29, 1.82) is 0 Å². The van der Waals surface area contributed by atoms with Gasteiger partial charge in [-0.1, -0.05) is 13.8 Å². The number of amides is 2. The van der Waals surface area contributed by atoms with Crippen LogP contribution < -0.4 is 10.9 Å². The Hall–Kier alpha value is -3.10. The van der Waals surface area contributed by atoms with Crippen molar-refractivity contribution in [2.45, 2.75) is 65.1 Å². The number of aromatic hydroxyl groups is 1. The van der Waals surface area contributed by atoms with Crippen LogP contribution in [-0.4, -0.2) is 54.6 Å². The van der Waals surface area contributed by atoms with Crippen molar-refractivity contribution in [2.75, 3.05) is 6.54 Å². The van der Waals surface area contributed by atoms with Crippen molar-refractivity contribution in [3.05, 3.63) is 33.8 Å².